The van der Waals surface area contributed by atoms with Gasteiger partial charge in [-0.25, -0.2) is 0 Å². The predicted octanol–water partition coefficient (Wildman–Crippen LogP) is 8.60. The van der Waals surface area contributed by atoms with Gasteiger partial charge in [-0.1, -0.05) is 77.9 Å². The van der Waals surface area contributed by atoms with Gasteiger partial charge >= 0.3 is 0 Å². The number of aryl methyl sites for hydroxylation is 2. The zero-order valence-electron chi connectivity index (χ0n) is 26.4. The first-order valence-electron chi connectivity index (χ1n) is 15.1. The Morgan fingerprint density at radius 3 is 1.37 bits per heavy atom. The van der Waals surface area contributed by atoms with Crippen LogP contribution in [-0.4, -0.2) is 39.1 Å². The Morgan fingerprint density at radius 2 is 0.977 bits per heavy atom. The number of anilines is 2. The van der Waals surface area contributed by atoms with Gasteiger partial charge in [-0.05, 0) is 107 Å². The molecule has 0 unspecified atom stereocenters. The predicted molar refractivity (Wildman–Crippen MR) is 183 cm³/mol. The molecule has 1 N–H and O–H groups in total. The van der Waals surface area contributed by atoms with Gasteiger partial charge in [0.25, 0.3) is 10.1 Å². The van der Waals surface area contributed by atoms with Gasteiger partial charge in [0.05, 0.1) is 4.90 Å². The molecule has 43 heavy (non-hydrogen) atoms. The topological polar surface area (TPSA) is 60.9 Å². The molecule has 0 fully saturated rings. The molecule has 5 nitrogen and oxygen atoms in total. The number of allylic oxidation sites excluding steroid dienone is 1. The average molecular weight is 599 g/mol. The summed E-state index contributed by atoms with van der Waals surface area (Å²) in [6.07, 6.45) is 3.29. The molecule has 6 heteroatoms. The number of hydrogen-bond acceptors (Lipinski definition) is 4. The van der Waals surface area contributed by atoms with E-state index >= 15 is 0 Å². The minimum atomic E-state index is -4.02. The lowest BCUT2D eigenvalue weighted by Gasteiger charge is -2.21. The normalized spacial score (nSPS) is 11.5. The third-order valence-electron chi connectivity index (χ3n) is 7.60. The van der Waals surface area contributed by atoms with Crippen molar-refractivity contribution in [3.63, 3.8) is 0 Å². The Morgan fingerprint density at radius 1 is 0.605 bits per heavy atom. The smallest absolute Gasteiger partial charge is 0.294 e. The highest BCUT2D eigenvalue weighted by Gasteiger charge is 2.09. The zero-order valence-corrected chi connectivity index (χ0v) is 27.2. The Labute approximate surface area is 259 Å². The highest BCUT2D eigenvalue weighted by atomic mass is 32.2. The summed E-state index contributed by atoms with van der Waals surface area (Å²) in [5.41, 5.74) is 10.0. The van der Waals surface area contributed by atoms with Gasteiger partial charge in [0.15, 0.2) is 0 Å². The molecule has 4 rings (SSSR count). The van der Waals surface area contributed by atoms with Crippen molar-refractivity contribution in [3.8, 4) is 0 Å². The van der Waals surface area contributed by atoms with E-state index in [1.807, 2.05) is 6.92 Å². The van der Waals surface area contributed by atoms with E-state index < -0.39 is 10.1 Å². The van der Waals surface area contributed by atoms with E-state index in [-0.39, 0.29) is 4.90 Å². The third-order valence-corrected chi connectivity index (χ3v) is 8.46. The summed E-state index contributed by atoms with van der Waals surface area (Å²) in [5.74, 6) is 0. The standard InChI is InChI=1S/C30H38N2.C7H8O3S/c1-6-31(7-2)28-19-12-25(13-20-28)14-23-30(26-15-10-24(5)11-16-26)27-17-21-29(22-18-27)32(8-3)9-4;1-6-2-4-7(5-3-6)11(8,9)10/h10-13,15-23H,6-9,14H2,1-5H3;2-5H,1H3,(H,8,9,10). The molecule has 0 heterocycles. The first-order valence-corrected chi connectivity index (χ1v) is 16.5. The minimum Gasteiger partial charge on any atom is -0.372 e. The molecule has 0 radical (unpaired) electrons. The van der Waals surface area contributed by atoms with E-state index in [9.17, 15) is 8.42 Å². The summed E-state index contributed by atoms with van der Waals surface area (Å²) in [6, 6.07) is 32.9. The molecule has 0 saturated heterocycles. The second-order valence-electron chi connectivity index (χ2n) is 10.5. The van der Waals surface area contributed by atoms with E-state index in [1.165, 1.54) is 51.3 Å². The molecule has 0 aromatic heterocycles. The van der Waals surface area contributed by atoms with Crippen molar-refractivity contribution in [1.82, 2.24) is 0 Å². The molecule has 0 aliphatic rings. The molecule has 0 amide bonds. The van der Waals surface area contributed by atoms with Crippen molar-refractivity contribution in [3.05, 3.63) is 131 Å². The Bertz CT molecular complexity index is 1530. The van der Waals surface area contributed by atoms with Crippen LogP contribution in [0, 0.1) is 13.8 Å². The maximum Gasteiger partial charge on any atom is 0.294 e. The summed E-state index contributed by atoms with van der Waals surface area (Å²) in [5, 5.41) is 0. The second kappa shape index (κ2) is 16.1. The molecule has 0 atom stereocenters. The van der Waals surface area contributed by atoms with Crippen LogP contribution in [0.4, 0.5) is 11.4 Å². The second-order valence-corrected chi connectivity index (χ2v) is 12.0. The van der Waals surface area contributed by atoms with Crippen LogP contribution in [0.25, 0.3) is 5.57 Å². The summed E-state index contributed by atoms with van der Waals surface area (Å²) < 4.78 is 29.6. The molecule has 4 aromatic rings. The van der Waals surface area contributed by atoms with Crippen molar-refractivity contribution in [1.29, 1.82) is 0 Å². The molecule has 4 aromatic carbocycles. The van der Waals surface area contributed by atoms with Gasteiger partial charge in [-0.15, -0.1) is 0 Å². The lowest BCUT2D eigenvalue weighted by atomic mass is 9.95. The molecule has 0 bridgehead atoms. The van der Waals surface area contributed by atoms with E-state index in [4.69, 9.17) is 4.55 Å². The highest BCUT2D eigenvalue weighted by Crippen LogP contribution is 2.27. The van der Waals surface area contributed by atoms with E-state index in [0.29, 0.717) is 0 Å². The fraction of sp³-hybridized carbons (Fsp3) is 0.297. The summed E-state index contributed by atoms with van der Waals surface area (Å²) in [6.45, 7) is 16.9. The van der Waals surface area contributed by atoms with Crippen LogP contribution in [0.5, 0.6) is 0 Å². The Kier molecular flexibility index (Phi) is 12.6. The maximum atomic E-state index is 10.5. The van der Waals surface area contributed by atoms with Crippen molar-refractivity contribution in [2.24, 2.45) is 0 Å². The van der Waals surface area contributed by atoms with Gasteiger partial charge < -0.3 is 9.80 Å². The molecular formula is C37H46N2O3S. The zero-order chi connectivity index (χ0) is 31.4. The van der Waals surface area contributed by atoms with Gasteiger partial charge in [0.1, 0.15) is 0 Å². The highest BCUT2D eigenvalue weighted by molar-refractivity contribution is 7.85. The minimum absolute atomic E-state index is 0.0666. The average Bonchev–Trinajstić information content (AvgIpc) is 3.01. The Hall–Kier alpha value is -3.87. The molecule has 0 spiro atoms. The molecular weight excluding hydrogens is 552 g/mol. The quantitative estimate of drug-likeness (QED) is 0.175. The van der Waals surface area contributed by atoms with Crippen molar-refractivity contribution in [2.75, 3.05) is 36.0 Å². The number of rotatable bonds is 11. The first kappa shape index (κ1) is 33.6. The summed E-state index contributed by atoms with van der Waals surface area (Å²) in [4.78, 5) is 4.70. The third kappa shape index (κ3) is 9.84. The van der Waals surface area contributed by atoms with Gasteiger partial charge in [0, 0.05) is 37.6 Å². The molecule has 0 aliphatic carbocycles. The Balaban J connectivity index is 0.000000386. The first-order chi connectivity index (χ1) is 20.6. The summed E-state index contributed by atoms with van der Waals surface area (Å²) >= 11 is 0. The van der Waals surface area contributed by atoms with Gasteiger partial charge in [-0.2, -0.15) is 8.42 Å². The lowest BCUT2D eigenvalue weighted by Crippen LogP contribution is -2.21. The van der Waals surface area contributed by atoms with Crippen LogP contribution >= 0.6 is 0 Å². The maximum absolute atomic E-state index is 10.5. The van der Waals surface area contributed by atoms with Crippen molar-refractivity contribution in [2.45, 2.75) is 52.9 Å². The monoisotopic (exact) mass is 598 g/mol. The van der Waals surface area contributed by atoms with Crippen LogP contribution in [0.15, 0.2) is 108 Å². The number of hydrogen-bond donors (Lipinski definition) is 1. The largest absolute Gasteiger partial charge is 0.372 e. The summed E-state index contributed by atoms with van der Waals surface area (Å²) in [7, 11) is -4.02. The fourth-order valence-electron chi connectivity index (χ4n) is 4.94. The van der Waals surface area contributed by atoms with Crippen LogP contribution in [0.3, 0.4) is 0 Å². The van der Waals surface area contributed by atoms with E-state index in [2.05, 4.69) is 123 Å². The molecule has 228 valence electrons. The van der Waals surface area contributed by atoms with E-state index in [1.54, 1.807) is 12.1 Å². The molecule has 0 aliphatic heterocycles. The van der Waals surface area contributed by atoms with Crippen LogP contribution in [0.1, 0.15) is 55.5 Å². The SMILES string of the molecule is CCN(CC)c1ccc(CC=C(c2ccc(C)cc2)c2ccc(N(CC)CC)cc2)cc1.Cc1ccc(S(=O)(=O)O)cc1. The number of nitrogens with zero attached hydrogens (tertiary/aromatic N) is 2. The molecule has 0 saturated carbocycles. The van der Waals surface area contributed by atoms with Crippen molar-refractivity contribution < 1.29 is 13.0 Å². The van der Waals surface area contributed by atoms with Gasteiger partial charge in [-0.3, -0.25) is 4.55 Å². The fourth-order valence-corrected chi connectivity index (χ4v) is 5.42. The van der Waals surface area contributed by atoms with Crippen LogP contribution < -0.4 is 9.80 Å². The van der Waals surface area contributed by atoms with E-state index in [0.717, 1.165) is 38.2 Å². The van der Waals surface area contributed by atoms with Crippen molar-refractivity contribution >= 4 is 27.1 Å². The van der Waals surface area contributed by atoms with Crippen LogP contribution in [-0.2, 0) is 16.5 Å². The lowest BCUT2D eigenvalue weighted by molar-refractivity contribution is 0.483. The van der Waals surface area contributed by atoms with Gasteiger partial charge in [0.2, 0.25) is 0 Å². The number of benzene rings is 4. The van der Waals surface area contributed by atoms with Crippen LogP contribution in [0.2, 0.25) is 0 Å².